The number of benzene rings is 2. The van der Waals surface area contributed by atoms with Crippen molar-refractivity contribution in [3.8, 4) is 5.75 Å². The molecule has 32 heavy (non-hydrogen) atoms. The maximum atomic E-state index is 12.9. The Morgan fingerprint density at radius 1 is 1.03 bits per heavy atom. The number of nitrogens with one attached hydrogen (secondary N) is 1. The van der Waals surface area contributed by atoms with Crippen LogP contribution in [0, 0.1) is 12.8 Å². The fourth-order valence-corrected chi connectivity index (χ4v) is 3.58. The molecule has 2 aromatic carbocycles. The number of imide groups is 1. The lowest BCUT2D eigenvalue weighted by molar-refractivity contribution is -0.151. The van der Waals surface area contributed by atoms with E-state index in [9.17, 15) is 19.2 Å². The third kappa shape index (κ3) is 4.80. The minimum atomic E-state index is -1.12. The van der Waals surface area contributed by atoms with Crippen LogP contribution in [0.3, 0.4) is 0 Å². The van der Waals surface area contributed by atoms with Gasteiger partial charge in [-0.2, -0.15) is 0 Å². The highest BCUT2D eigenvalue weighted by molar-refractivity contribution is 6.22. The predicted octanol–water partition coefficient (Wildman–Crippen LogP) is 3.20. The molecule has 168 valence electrons. The van der Waals surface area contributed by atoms with E-state index in [1.54, 1.807) is 36.4 Å². The van der Waals surface area contributed by atoms with Crippen LogP contribution in [-0.2, 0) is 14.3 Å². The number of rotatable bonds is 8. The zero-order valence-corrected chi connectivity index (χ0v) is 18.5. The molecule has 0 saturated heterocycles. The second-order valence-electron chi connectivity index (χ2n) is 8.03. The average Bonchev–Trinajstić information content (AvgIpc) is 3.01. The fraction of sp³-hybridized carbons (Fsp3) is 0.333. The Morgan fingerprint density at radius 2 is 1.66 bits per heavy atom. The van der Waals surface area contributed by atoms with E-state index in [4.69, 9.17) is 9.47 Å². The van der Waals surface area contributed by atoms with Gasteiger partial charge in [0.1, 0.15) is 11.8 Å². The van der Waals surface area contributed by atoms with Crippen molar-refractivity contribution in [2.45, 2.75) is 33.2 Å². The summed E-state index contributed by atoms with van der Waals surface area (Å²) in [6.07, 6.45) is 0.220. The quantitative estimate of drug-likeness (QED) is 0.502. The lowest BCUT2D eigenvalue weighted by Gasteiger charge is -2.25. The molecule has 0 radical (unpaired) electrons. The standard InChI is InChI=1S/C24H26N2O6/c1-14(2)11-19(26-22(28)16-7-5-6-8-17(16)23(26)29)24(30)32-13-21(27)25-18-12-15(3)9-10-20(18)31-4/h5-10,12,14,19H,11,13H2,1-4H3,(H,25,27). The van der Waals surface area contributed by atoms with Crippen LogP contribution >= 0.6 is 0 Å². The summed E-state index contributed by atoms with van der Waals surface area (Å²) in [4.78, 5) is 51.8. The first-order chi connectivity index (χ1) is 15.2. The second kappa shape index (κ2) is 9.64. The monoisotopic (exact) mass is 438 g/mol. The van der Waals surface area contributed by atoms with Crippen LogP contribution in [0.15, 0.2) is 42.5 Å². The average molecular weight is 438 g/mol. The van der Waals surface area contributed by atoms with E-state index in [1.807, 2.05) is 26.8 Å². The minimum Gasteiger partial charge on any atom is -0.495 e. The van der Waals surface area contributed by atoms with Crippen molar-refractivity contribution < 1.29 is 28.7 Å². The summed E-state index contributed by atoms with van der Waals surface area (Å²) in [5, 5.41) is 2.65. The molecular formula is C24H26N2O6. The van der Waals surface area contributed by atoms with Crippen LogP contribution in [0.4, 0.5) is 5.69 Å². The second-order valence-corrected chi connectivity index (χ2v) is 8.03. The van der Waals surface area contributed by atoms with Crippen LogP contribution in [0.5, 0.6) is 5.75 Å². The van der Waals surface area contributed by atoms with Gasteiger partial charge in [-0.05, 0) is 49.1 Å². The number of carbonyl (C=O) groups excluding carboxylic acids is 4. The number of anilines is 1. The summed E-state index contributed by atoms with van der Waals surface area (Å²) in [7, 11) is 1.49. The van der Waals surface area contributed by atoms with Crippen molar-refractivity contribution in [3.63, 3.8) is 0 Å². The molecule has 2 aromatic rings. The van der Waals surface area contributed by atoms with Gasteiger partial charge in [0.15, 0.2) is 6.61 Å². The SMILES string of the molecule is COc1ccc(C)cc1NC(=O)COC(=O)C(CC(C)C)N1C(=O)c2ccccc2C1=O. The van der Waals surface area contributed by atoms with Gasteiger partial charge in [0.05, 0.1) is 23.9 Å². The number of aryl methyl sites for hydroxylation is 1. The summed E-state index contributed by atoms with van der Waals surface area (Å²) in [6.45, 7) is 5.05. The maximum absolute atomic E-state index is 12.9. The number of esters is 1. The first-order valence-electron chi connectivity index (χ1n) is 10.3. The Kier molecular flexibility index (Phi) is 6.92. The lowest BCUT2D eigenvalue weighted by atomic mass is 10.0. The molecule has 8 nitrogen and oxygen atoms in total. The van der Waals surface area contributed by atoms with E-state index in [0.717, 1.165) is 10.5 Å². The first kappa shape index (κ1) is 23.0. The normalized spacial score (nSPS) is 13.7. The number of hydrogen-bond acceptors (Lipinski definition) is 6. The molecule has 3 amide bonds. The number of methoxy groups -OCH3 is 1. The van der Waals surface area contributed by atoms with Crippen LogP contribution in [-0.4, -0.2) is 48.3 Å². The molecular weight excluding hydrogens is 412 g/mol. The van der Waals surface area contributed by atoms with Crippen molar-refractivity contribution >= 4 is 29.4 Å². The van der Waals surface area contributed by atoms with E-state index < -0.39 is 36.3 Å². The fourth-order valence-electron chi connectivity index (χ4n) is 3.58. The molecule has 1 N–H and O–H groups in total. The number of hydrogen-bond donors (Lipinski definition) is 1. The van der Waals surface area contributed by atoms with Gasteiger partial charge in [0.2, 0.25) is 0 Å². The van der Waals surface area contributed by atoms with Crippen LogP contribution in [0.2, 0.25) is 0 Å². The largest absolute Gasteiger partial charge is 0.495 e. The summed E-state index contributed by atoms with van der Waals surface area (Å²) in [5.74, 6) is -1.97. The van der Waals surface area contributed by atoms with Crippen molar-refractivity contribution in [1.29, 1.82) is 0 Å². The maximum Gasteiger partial charge on any atom is 0.329 e. The molecule has 1 unspecified atom stereocenters. The summed E-state index contributed by atoms with van der Waals surface area (Å²) in [5.41, 5.74) is 1.88. The predicted molar refractivity (Wildman–Crippen MR) is 118 cm³/mol. The third-order valence-electron chi connectivity index (χ3n) is 5.08. The van der Waals surface area contributed by atoms with Crippen LogP contribution in [0.1, 0.15) is 46.5 Å². The Bertz CT molecular complexity index is 1030. The number of ether oxygens (including phenoxy) is 2. The molecule has 0 fully saturated rings. The Balaban J connectivity index is 1.71. The molecule has 0 aliphatic carbocycles. The number of amides is 3. The molecule has 0 saturated carbocycles. The Hall–Kier alpha value is -3.68. The number of carbonyl (C=O) groups is 4. The van der Waals surface area contributed by atoms with Gasteiger partial charge in [0.25, 0.3) is 17.7 Å². The summed E-state index contributed by atoms with van der Waals surface area (Å²) >= 11 is 0. The topological polar surface area (TPSA) is 102 Å². The van der Waals surface area contributed by atoms with Gasteiger partial charge >= 0.3 is 5.97 Å². The smallest absolute Gasteiger partial charge is 0.329 e. The lowest BCUT2D eigenvalue weighted by Crippen LogP contribution is -2.46. The molecule has 8 heteroatoms. The van der Waals surface area contributed by atoms with Crippen LogP contribution in [0.25, 0.3) is 0 Å². The molecule has 1 heterocycles. The molecule has 1 atom stereocenters. The molecule has 0 bridgehead atoms. The van der Waals surface area contributed by atoms with E-state index in [0.29, 0.717) is 11.4 Å². The zero-order valence-electron chi connectivity index (χ0n) is 18.5. The van der Waals surface area contributed by atoms with Gasteiger partial charge in [0, 0.05) is 0 Å². The number of nitrogens with zero attached hydrogens (tertiary/aromatic N) is 1. The molecule has 3 rings (SSSR count). The van der Waals surface area contributed by atoms with Crippen LogP contribution < -0.4 is 10.1 Å². The molecule has 0 aromatic heterocycles. The van der Waals surface area contributed by atoms with Crippen molar-refractivity contribution in [2.24, 2.45) is 5.92 Å². The summed E-state index contributed by atoms with van der Waals surface area (Å²) < 4.78 is 10.4. The molecule has 1 aliphatic rings. The Morgan fingerprint density at radius 3 is 2.22 bits per heavy atom. The van der Waals surface area contributed by atoms with E-state index in [-0.39, 0.29) is 23.5 Å². The highest BCUT2D eigenvalue weighted by atomic mass is 16.5. The van der Waals surface area contributed by atoms with Crippen molar-refractivity contribution in [3.05, 3.63) is 59.2 Å². The molecule has 1 aliphatic heterocycles. The van der Waals surface area contributed by atoms with E-state index >= 15 is 0 Å². The first-order valence-corrected chi connectivity index (χ1v) is 10.3. The summed E-state index contributed by atoms with van der Waals surface area (Å²) in [6, 6.07) is 10.6. The van der Waals surface area contributed by atoms with Gasteiger partial charge in [-0.25, -0.2) is 4.79 Å². The Labute approximate surface area is 186 Å². The highest BCUT2D eigenvalue weighted by Gasteiger charge is 2.43. The van der Waals surface area contributed by atoms with Gasteiger partial charge in [-0.15, -0.1) is 0 Å². The third-order valence-corrected chi connectivity index (χ3v) is 5.08. The van der Waals surface area contributed by atoms with Gasteiger partial charge < -0.3 is 14.8 Å². The van der Waals surface area contributed by atoms with E-state index in [2.05, 4.69) is 5.32 Å². The van der Waals surface area contributed by atoms with Crippen molar-refractivity contribution in [1.82, 2.24) is 4.90 Å². The molecule has 0 spiro atoms. The zero-order chi connectivity index (χ0) is 23.4. The van der Waals surface area contributed by atoms with Crippen molar-refractivity contribution in [2.75, 3.05) is 19.0 Å². The number of fused-ring (bicyclic) bond motifs is 1. The highest BCUT2D eigenvalue weighted by Crippen LogP contribution is 2.28. The van der Waals surface area contributed by atoms with Gasteiger partial charge in [-0.3, -0.25) is 19.3 Å². The van der Waals surface area contributed by atoms with E-state index in [1.165, 1.54) is 7.11 Å². The van der Waals surface area contributed by atoms with Gasteiger partial charge in [-0.1, -0.05) is 32.0 Å². The minimum absolute atomic E-state index is 0.00208.